The summed E-state index contributed by atoms with van der Waals surface area (Å²) in [5, 5.41) is 1.16. The number of aromatic amines is 1. The third kappa shape index (κ3) is 6.06. The van der Waals surface area contributed by atoms with E-state index < -0.39 is 0 Å². The Morgan fingerprint density at radius 2 is 2.08 bits per heavy atom. The summed E-state index contributed by atoms with van der Waals surface area (Å²) >= 11 is 0. The minimum Gasteiger partial charge on any atom is -0.494 e. The zero-order chi connectivity index (χ0) is 16.7. The van der Waals surface area contributed by atoms with Crippen LogP contribution in [0.5, 0.6) is 5.75 Å². The Morgan fingerprint density at radius 1 is 1.29 bits per heavy atom. The van der Waals surface area contributed by atoms with E-state index in [2.05, 4.69) is 4.98 Å². The van der Waals surface area contributed by atoms with Crippen LogP contribution in [0.2, 0.25) is 0 Å². The molecule has 1 aromatic heterocycles. The lowest BCUT2D eigenvalue weighted by atomic mass is 10.1. The number of ether oxygens (including phenoxy) is 2. The van der Waals surface area contributed by atoms with E-state index in [4.69, 9.17) is 15.2 Å². The second-order valence-electron chi connectivity index (χ2n) is 5.90. The highest BCUT2D eigenvalue weighted by Crippen LogP contribution is 2.24. The van der Waals surface area contributed by atoms with Gasteiger partial charge in [0.2, 0.25) is 0 Å². The van der Waals surface area contributed by atoms with E-state index in [9.17, 15) is 4.79 Å². The Morgan fingerprint density at radius 3 is 2.79 bits per heavy atom. The maximum atomic E-state index is 11.4. The van der Waals surface area contributed by atoms with Gasteiger partial charge in [-0.25, -0.2) is 0 Å². The predicted molar refractivity (Wildman–Crippen MR) is 98.9 cm³/mol. The largest absolute Gasteiger partial charge is 0.494 e. The van der Waals surface area contributed by atoms with Gasteiger partial charge < -0.3 is 20.2 Å². The zero-order valence-corrected chi connectivity index (χ0v) is 15.2. The molecule has 0 saturated heterocycles. The van der Waals surface area contributed by atoms with Gasteiger partial charge in [-0.05, 0) is 63.4 Å². The number of benzene rings is 1. The molecular formula is C18H27ClN2O3. The van der Waals surface area contributed by atoms with E-state index in [0.717, 1.165) is 35.9 Å². The fourth-order valence-corrected chi connectivity index (χ4v) is 2.49. The molecule has 6 heteroatoms. The van der Waals surface area contributed by atoms with E-state index in [1.165, 1.54) is 5.56 Å². The summed E-state index contributed by atoms with van der Waals surface area (Å²) < 4.78 is 10.9. The number of carbonyl (C=O) groups excluding carboxylic acids is 1. The average molecular weight is 355 g/mol. The summed E-state index contributed by atoms with van der Waals surface area (Å²) in [5.74, 6) is 0.709. The monoisotopic (exact) mass is 354 g/mol. The quantitative estimate of drug-likeness (QED) is 0.533. The minimum atomic E-state index is -0.139. The Kier molecular flexibility index (Phi) is 8.65. The van der Waals surface area contributed by atoms with Crippen molar-refractivity contribution in [3.63, 3.8) is 0 Å². The second kappa shape index (κ2) is 10.2. The Labute approximate surface area is 149 Å². The zero-order valence-electron chi connectivity index (χ0n) is 14.3. The molecule has 0 aliphatic carbocycles. The molecule has 24 heavy (non-hydrogen) atoms. The van der Waals surface area contributed by atoms with Crippen molar-refractivity contribution in [2.24, 2.45) is 5.73 Å². The molecule has 1 heterocycles. The molecule has 0 spiro atoms. The van der Waals surface area contributed by atoms with Crippen LogP contribution >= 0.6 is 12.4 Å². The van der Waals surface area contributed by atoms with Crippen molar-refractivity contribution < 1.29 is 14.3 Å². The van der Waals surface area contributed by atoms with Crippen LogP contribution in [-0.4, -0.2) is 30.2 Å². The van der Waals surface area contributed by atoms with E-state index in [0.29, 0.717) is 19.6 Å². The first kappa shape index (κ1) is 20.3. The first-order chi connectivity index (χ1) is 11.1. The van der Waals surface area contributed by atoms with Crippen molar-refractivity contribution in [2.45, 2.75) is 45.6 Å². The van der Waals surface area contributed by atoms with Gasteiger partial charge in [-0.2, -0.15) is 0 Å². The molecule has 0 aliphatic rings. The van der Waals surface area contributed by atoms with E-state index in [1.54, 1.807) is 0 Å². The topological polar surface area (TPSA) is 77.3 Å². The van der Waals surface area contributed by atoms with Gasteiger partial charge >= 0.3 is 5.97 Å². The van der Waals surface area contributed by atoms with Crippen LogP contribution < -0.4 is 10.5 Å². The number of carbonyl (C=O) groups is 1. The normalized spacial score (nSPS) is 10.7. The van der Waals surface area contributed by atoms with E-state index >= 15 is 0 Å². The van der Waals surface area contributed by atoms with Crippen molar-refractivity contribution in [1.82, 2.24) is 4.98 Å². The minimum absolute atomic E-state index is 0. The fraction of sp³-hybridized carbons (Fsp3) is 0.500. The summed E-state index contributed by atoms with van der Waals surface area (Å²) in [6.45, 7) is 4.94. The highest BCUT2D eigenvalue weighted by atomic mass is 35.5. The number of fused-ring (bicyclic) bond motifs is 1. The highest BCUT2D eigenvalue weighted by molar-refractivity contribution is 5.85. The van der Waals surface area contributed by atoms with Crippen LogP contribution in [0.3, 0.4) is 0 Å². The van der Waals surface area contributed by atoms with Crippen LogP contribution in [0.25, 0.3) is 10.9 Å². The molecule has 0 fully saturated rings. The van der Waals surface area contributed by atoms with Crippen molar-refractivity contribution in [2.75, 3.05) is 13.2 Å². The molecular weight excluding hydrogens is 328 g/mol. The first-order valence-electron chi connectivity index (χ1n) is 8.22. The number of hydrogen-bond donors (Lipinski definition) is 2. The van der Waals surface area contributed by atoms with Gasteiger partial charge in [0.15, 0.2) is 0 Å². The third-order valence-electron chi connectivity index (χ3n) is 3.56. The molecule has 0 atom stereocenters. The van der Waals surface area contributed by atoms with E-state index in [1.807, 2.05) is 38.2 Å². The Balaban J connectivity index is 0.00000288. The summed E-state index contributed by atoms with van der Waals surface area (Å²) in [4.78, 5) is 14.7. The van der Waals surface area contributed by atoms with Crippen molar-refractivity contribution in [1.29, 1.82) is 0 Å². The van der Waals surface area contributed by atoms with Gasteiger partial charge in [-0.15, -0.1) is 12.4 Å². The number of nitrogens with one attached hydrogen (secondary N) is 1. The summed E-state index contributed by atoms with van der Waals surface area (Å²) in [6.07, 6.45) is 4.85. The van der Waals surface area contributed by atoms with Crippen molar-refractivity contribution in [3.8, 4) is 5.75 Å². The Bertz CT molecular complexity index is 640. The van der Waals surface area contributed by atoms with Crippen LogP contribution in [-0.2, 0) is 16.0 Å². The van der Waals surface area contributed by atoms with Gasteiger partial charge in [0.1, 0.15) is 5.75 Å². The predicted octanol–water partition coefficient (Wildman–Crippen LogP) is 3.59. The Hall–Kier alpha value is -1.72. The molecule has 2 rings (SSSR count). The molecule has 2 aromatic rings. The number of aromatic nitrogens is 1. The molecule has 0 amide bonds. The SMILES string of the molecule is CC(C)OC(=O)CCCCOc1ccc2[nH]cc(CCN)c2c1.Cl. The highest BCUT2D eigenvalue weighted by Gasteiger charge is 2.06. The van der Waals surface area contributed by atoms with Gasteiger partial charge in [-0.3, -0.25) is 4.79 Å². The lowest BCUT2D eigenvalue weighted by molar-refractivity contribution is -0.147. The smallest absolute Gasteiger partial charge is 0.306 e. The van der Waals surface area contributed by atoms with Crippen molar-refractivity contribution in [3.05, 3.63) is 30.0 Å². The number of hydrogen-bond acceptors (Lipinski definition) is 4. The third-order valence-corrected chi connectivity index (χ3v) is 3.56. The fourth-order valence-electron chi connectivity index (χ4n) is 2.49. The molecule has 1 aromatic carbocycles. The lowest BCUT2D eigenvalue weighted by Gasteiger charge is -2.08. The van der Waals surface area contributed by atoms with Crippen LogP contribution in [0, 0.1) is 0 Å². The molecule has 0 radical (unpaired) electrons. The van der Waals surface area contributed by atoms with Crippen LogP contribution in [0.1, 0.15) is 38.7 Å². The number of nitrogens with two attached hydrogens (primary N) is 1. The van der Waals surface area contributed by atoms with Gasteiger partial charge in [0.05, 0.1) is 12.7 Å². The lowest BCUT2D eigenvalue weighted by Crippen LogP contribution is -2.11. The summed E-state index contributed by atoms with van der Waals surface area (Å²) in [5.41, 5.74) is 7.94. The molecule has 0 bridgehead atoms. The van der Waals surface area contributed by atoms with E-state index in [-0.39, 0.29) is 24.5 Å². The molecule has 134 valence electrons. The van der Waals surface area contributed by atoms with Gasteiger partial charge in [0, 0.05) is 23.5 Å². The molecule has 3 N–H and O–H groups in total. The molecule has 0 saturated carbocycles. The number of unbranched alkanes of at least 4 members (excludes halogenated alkanes) is 1. The van der Waals surface area contributed by atoms with Crippen molar-refractivity contribution >= 4 is 29.3 Å². The molecule has 5 nitrogen and oxygen atoms in total. The van der Waals surface area contributed by atoms with Crippen LogP contribution in [0.15, 0.2) is 24.4 Å². The standard InChI is InChI=1S/C18H26N2O3.ClH/c1-13(2)23-18(21)5-3-4-10-22-15-6-7-17-16(11-15)14(8-9-19)12-20-17;/h6-7,11-13,20H,3-5,8-10,19H2,1-2H3;1H. The summed E-state index contributed by atoms with van der Waals surface area (Å²) in [6, 6.07) is 6.02. The number of halogens is 1. The number of H-pyrrole nitrogens is 1. The summed E-state index contributed by atoms with van der Waals surface area (Å²) in [7, 11) is 0. The molecule has 0 aliphatic heterocycles. The first-order valence-corrected chi connectivity index (χ1v) is 8.22. The maximum absolute atomic E-state index is 11.4. The number of rotatable bonds is 9. The maximum Gasteiger partial charge on any atom is 0.306 e. The average Bonchev–Trinajstić information content (AvgIpc) is 2.89. The second-order valence-corrected chi connectivity index (χ2v) is 5.90. The molecule has 0 unspecified atom stereocenters. The van der Waals surface area contributed by atoms with Gasteiger partial charge in [-0.1, -0.05) is 0 Å². The number of esters is 1. The van der Waals surface area contributed by atoms with Crippen LogP contribution in [0.4, 0.5) is 0 Å². The van der Waals surface area contributed by atoms with Gasteiger partial charge in [0.25, 0.3) is 0 Å².